The molecule has 0 atom stereocenters. The lowest BCUT2D eigenvalue weighted by atomic mass is 10.1. The van der Waals surface area contributed by atoms with E-state index in [0.717, 1.165) is 25.0 Å². The highest BCUT2D eigenvalue weighted by Gasteiger charge is 2.11. The molecule has 3 rings (SSSR count). The maximum atomic E-state index is 12.4. The van der Waals surface area contributed by atoms with Crippen LogP contribution in [-0.4, -0.2) is 24.2 Å². The van der Waals surface area contributed by atoms with Gasteiger partial charge in [-0.2, -0.15) is 0 Å². The number of carbonyl (C=O) groups excluding carboxylic acids is 3. The van der Waals surface area contributed by atoms with Gasteiger partial charge in [-0.15, -0.1) is 0 Å². The van der Waals surface area contributed by atoms with Gasteiger partial charge in [-0.1, -0.05) is 19.8 Å². The van der Waals surface area contributed by atoms with Crippen LogP contribution in [0.3, 0.4) is 0 Å². The Morgan fingerprint density at radius 3 is 2.18 bits per heavy atom. The molecule has 0 unspecified atom stereocenters. The first kappa shape index (κ1) is 23.8. The second kappa shape index (κ2) is 12.2. The highest BCUT2D eigenvalue weighted by Crippen LogP contribution is 2.17. The molecule has 1 heterocycles. The maximum Gasteiger partial charge on any atom is 0.291 e. The Morgan fingerprint density at radius 1 is 0.848 bits per heavy atom. The summed E-state index contributed by atoms with van der Waals surface area (Å²) >= 11 is 0. The first-order chi connectivity index (χ1) is 16.0. The normalized spacial score (nSPS) is 10.5. The number of hydrogen-bond acceptors (Lipinski definition) is 5. The van der Waals surface area contributed by atoms with Crippen molar-refractivity contribution in [1.29, 1.82) is 0 Å². The number of Topliss-reactive ketones (excluding diaryl/α,β-unsaturated/α-hetero) is 1. The van der Waals surface area contributed by atoms with Crippen LogP contribution in [0.1, 0.15) is 59.9 Å². The zero-order chi connectivity index (χ0) is 23.5. The van der Waals surface area contributed by atoms with Crippen LogP contribution in [0.25, 0.3) is 0 Å². The SMILES string of the molecule is CCCCCOc1ccc(C(=O)CCC(=O)Nc2ccc(NC(=O)c3ccco3)cc2)cc1. The van der Waals surface area contributed by atoms with Gasteiger partial charge in [0.15, 0.2) is 11.5 Å². The fraction of sp³-hybridized carbons (Fsp3) is 0.269. The molecule has 33 heavy (non-hydrogen) atoms. The van der Waals surface area contributed by atoms with Gasteiger partial charge in [-0.3, -0.25) is 14.4 Å². The number of nitrogens with one attached hydrogen (secondary N) is 2. The van der Waals surface area contributed by atoms with Gasteiger partial charge in [0.1, 0.15) is 5.75 Å². The molecule has 0 aliphatic carbocycles. The molecule has 0 spiro atoms. The van der Waals surface area contributed by atoms with E-state index in [2.05, 4.69) is 17.6 Å². The van der Waals surface area contributed by atoms with Crippen molar-refractivity contribution in [3.05, 3.63) is 78.3 Å². The maximum absolute atomic E-state index is 12.4. The number of ether oxygens (including phenoxy) is 1. The first-order valence-electron chi connectivity index (χ1n) is 11.1. The average molecular weight is 449 g/mol. The molecule has 3 aromatic rings. The molecule has 0 radical (unpaired) electrons. The number of benzene rings is 2. The second-order valence-electron chi connectivity index (χ2n) is 7.56. The molecule has 2 aromatic carbocycles. The van der Waals surface area contributed by atoms with Gasteiger partial charge in [-0.05, 0) is 67.1 Å². The van der Waals surface area contributed by atoms with Crippen LogP contribution >= 0.6 is 0 Å². The Balaban J connectivity index is 1.41. The van der Waals surface area contributed by atoms with E-state index in [1.807, 2.05) is 0 Å². The minimum atomic E-state index is -0.355. The number of furan rings is 1. The zero-order valence-corrected chi connectivity index (χ0v) is 18.6. The highest BCUT2D eigenvalue weighted by molar-refractivity contribution is 6.02. The lowest BCUT2D eigenvalue weighted by molar-refractivity contribution is -0.116. The van der Waals surface area contributed by atoms with Crippen LogP contribution in [-0.2, 0) is 4.79 Å². The monoisotopic (exact) mass is 448 g/mol. The van der Waals surface area contributed by atoms with E-state index in [1.165, 1.54) is 6.26 Å². The van der Waals surface area contributed by atoms with Gasteiger partial charge in [0.25, 0.3) is 5.91 Å². The number of carbonyl (C=O) groups is 3. The van der Waals surface area contributed by atoms with E-state index < -0.39 is 0 Å². The summed E-state index contributed by atoms with van der Waals surface area (Å²) in [6, 6.07) is 16.9. The van der Waals surface area contributed by atoms with Crippen LogP contribution < -0.4 is 15.4 Å². The van der Waals surface area contributed by atoms with Crippen molar-refractivity contribution in [3.63, 3.8) is 0 Å². The van der Waals surface area contributed by atoms with Gasteiger partial charge in [0.2, 0.25) is 5.91 Å². The Labute approximate surface area is 193 Å². The van der Waals surface area contributed by atoms with Crippen LogP contribution in [0.5, 0.6) is 5.75 Å². The summed E-state index contributed by atoms with van der Waals surface area (Å²) in [5, 5.41) is 5.46. The number of ketones is 1. The molecule has 2 amide bonds. The van der Waals surface area contributed by atoms with E-state index in [9.17, 15) is 14.4 Å². The van der Waals surface area contributed by atoms with E-state index in [-0.39, 0.29) is 36.2 Å². The molecule has 7 nitrogen and oxygen atoms in total. The molecular formula is C26H28N2O5. The predicted molar refractivity (Wildman–Crippen MR) is 127 cm³/mol. The fourth-order valence-electron chi connectivity index (χ4n) is 3.11. The number of rotatable bonds is 12. The summed E-state index contributed by atoms with van der Waals surface area (Å²) in [4.78, 5) is 36.6. The summed E-state index contributed by atoms with van der Waals surface area (Å²) in [6.07, 6.45) is 4.89. The summed E-state index contributed by atoms with van der Waals surface area (Å²) in [5.74, 6) is 0.243. The number of amides is 2. The smallest absolute Gasteiger partial charge is 0.291 e. The van der Waals surface area contributed by atoms with Gasteiger partial charge < -0.3 is 19.8 Å². The second-order valence-corrected chi connectivity index (χ2v) is 7.56. The van der Waals surface area contributed by atoms with Crippen molar-refractivity contribution in [2.75, 3.05) is 17.2 Å². The minimum absolute atomic E-state index is 0.0745. The lowest BCUT2D eigenvalue weighted by Crippen LogP contribution is -2.14. The Kier molecular flexibility index (Phi) is 8.82. The molecule has 0 saturated carbocycles. The quantitative estimate of drug-likeness (QED) is 0.273. The summed E-state index contributed by atoms with van der Waals surface area (Å²) in [6.45, 7) is 2.81. The zero-order valence-electron chi connectivity index (χ0n) is 18.6. The topological polar surface area (TPSA) is 97.6 Å². The van der Waals surface area contributed by atoms with Gasteiger partial charge in [0, 0.05) is 29.8 Å². The van der Waals surface area contributed by atoms with E-state index >= 15 is 0 Å². The molecule has 0 saturated heterocycles. The molecular weight excluding hydrogens is 420 g/mol. The van der Waals surface area contributed by atoms with Crippen molar-refractivity contribution in [3.8, 4) is 5.75 Å². The Morgan fingerprint density at radius 2 is 1.55 bits per heavy atom. The molecule has 0 aliphatic rings. The molecule has 0 bridgehead atoms. The molecule has 0 fully saturated rings. The van der Waals surface area contributed by atoms with Crippen molar-refractivity contribution < 1.29 is 23.5 Å². The first-order valence-corrected chi connectivity index (χ1v) is 11.1. The van der Waals surface area contributed by atoms with Crippen LogP contribution in [0, 0.1) is 0 Å². The summed E-state index contributed by atoms with van der Waals surface area (Å²) < 4.78 is 10.7. The van der Waals surface area contributed by atoms with Crippen molar-refractivity contribution in [2.45, 2.75) is 39.0 Å². The third kappa shape index (κ3) is 7.64. The molecule has 172 valence electrons. The average Bonchev–Trinajstić information content (AvgIpc) is 3.37. The number of hydrogen-bond donors (Lipinski definition) is 2. The van der Waals surface area contributed by atoms with Crippen LogP contribution in [0.2, 0.25) is 0 Å². The summed E-state index contributed by atoms with van der Waals surface area (Å²) in [5.41, 5.74) is 1.70. The standard InChI is InChI=1S/C26H28N2O5/c1-2-3-4-17-32-22-13-7-19(8-14-22)23(29)15-16-25(30)27-20-9-11-21(12-10-20)28-26(31)24-6-5-18-33-24/h5-14,18H,2-4,15-17H2,1H3,(H,27,30)(H,28,31). The Hall–Kier alpha value is -3.87. The lowest BCUT2D eigenvalue weighted by Gasteiger charge is -2.08. The predicted octanol–water partition coefficient (Wildman–Crippen LogP) is 5.70. The van der Waals surface area contributed by atoms with Gasteiger partial charge in [-0.25, -0.2) is 0 Å². The van der Waals surface area contributed by atoms with Crippen LogP contribution in [0.15, 0.2) is 71.3 Å². The van der Waals surface area contributed by atoms with Gasteiger partial charge in [0.05, 0.1) is 12.9 Å². The molecule has 2 N–H and O–H groups in total. The third-order valence-corrected chi connectivity index (χ3v) is 4.94. The minimum Gasteiger partial charge on any atom is -0.494 e. The largest absolute Gasteiger partial charge is 0.494 e. The molecule has 7 heteroatoms. The third-order valence-electron chi connectivity index (χ3n) is 4.94. The van der Waals surface area contributed by atoms with E-state index in [1.54, 1.807) is 60.7 Å². The molecule has 1 aromatic heterocycles. The highest BCUT2D eigenvalue weighted by atomic mass is 16.5. The number of unbranched alkanes of at least 4 members (excludes halogenated alkanes) is 2. The molecule has 0 aliphatic heterocycles. The van der Waals surface area contributed by atoms with Crippen LogP contribution in [0.4, 0.5) is 11.4 Å². The van der Waals surface area contributed by atoms with Gasteiger partial charge >= 0.3 is 0 Å². The number of anilines is 2. The van der Waals surface area contributed by atoms with E-state index in [0.29, 0.717) is 23.5 Å². The van der Waals surface area contributed by atoms with Crippen molar-refractivity contribution in [1.82, 2.24) is 0 Å². The van der Waals surface area contributed by atoms with E-state index in [4.69, 9.17) is 9.15 Å². The fourth-order valence-corrected chi connectivity index (χ4v) is 3.11. The Bertz CT molecular complexity index is 1040. The summed E-state index contributed by atoms with van der Waals surface area (Å²) in [7, 11) is 0. The van der Waals surface area contributed by atoms with Crippen molar-refractivity contribution in [2.24, 2.45) is 0 Å². The van der Waals surface area contributed by atoms with Crippen molar-refractivity contribution >= 4 is 29.0 Å².